The molecule has 0 radical (unpaired) electrons. The topological polar surface area (TPSA) is 60.7 Å². The Hall–Kier alpha value is -4.51. The van der Waals surface area contributed by atoms with Gasteiger partial charge in [-0.25, -0.2) is 0 Å². The second-order valence-electron chi connectivity index (χ2n) is 8.94. The van der Waals surface area contributed by atoms with Gasteiger partial charge in [0, 0.05) is 35.2 Å². The van der Waals surface area contributed by atoms with E-state index in [1.165, 1.54) is 10.8 Å². The fraction of sp³-hybridized carbons (Fsp3) is 0.156. The van der Waals surface area contributed by atoms with Crippen LogP contribution in [-0.2, 0) is 11.2 Å². The number of benzene rings is 4. The standard InChI is InChI=1S/C32H29NO4/c1-21(16-32(34)33-15-14-23-9-6-7-11-29(23)35-2)26-18-27-28(20-37-31(27)19-30(26)36-3)25-13-12-22-8-4-5-10-24(22)17-25/h4-13,16-20H,14-15H2,1-3H3,(H,33,34)/b21-16+. The van der Waals surface area contributed by atoms with Gasteiger partial charge in [0.25, 0.3) is 0 Å². The van der Waals surface area contributed by atoms with Gasteiger partial charge in [0.15, 0.2) is 0 Å². The van der Waals surface area contributed by atoms with Gasteiger partial charge in [0.1, 0.15) is 17.1 Å². The van der Waals surface area contributed by atoms with Crippen LogP contribution in [0.4, 0.5) is 0 Å². The fourth-order valence-corrected chi connectivity index (χ4v) is 4.67. The number of hydrogen-bond acceptors (Lipinski definition) is 4. The zero-order valence-electron chi connectivity index (χ0n) is 21.2. The average Bonchev–Trinajstić information content (AvgIpc) is 3.35. The van der Waals surface area contributed by atoms with E-state index in [0.717, 1.165) is 44.5 Å². The van der Waals surface area contributed by atoms with Crippen LogP contribution in [0.3, 0.4) is 0 Å². The second-order valence-corrected chi connectivity index (χ2v) is 8.94. The van der Waals surface area contributed by atoms with Crippen LogP contribution in [0, 0.1) is 0 Å². The summed E-state index contributed by atoms with van der Waals surface area (Å²) in [5.74, 6) is 1.32. The van der Waals surface area contributed by atoms with E-state index in [1.807, 2.05) is 55.5 Å². The summed E-state index contributed by atoms with van der Waals surface area (Å²) < 4.78 is 16.9. The molecule has 1 N–H and O–H groups in total. The predicted molar refractivity (Wildman–Crippen MR) is 149 cm³/mol. The van der Waals surface area contributed by atoms with Crippen LogP contribution in [0.15, 0.2) is 95.6 Å². The van der Waals surface area contributed by atoms with Crippen molar-refractivity contribution in [3.63, 3.8) is 0 Å². The predicted octanol–water partition coefficient (Wildman–Crippen LogP) is 7.03. The van der Waals surface area contributed by atoms with Crippen molar-refractivity contribution >= 4 is 33.2 Å². The zero-order valence-corrected chi connectivity index (χ0v) is 21.2. The number of furan rings is 1. The highest BCUT2D eigenvalue weighted by molar-refractivity contribution is 6.01. The highest BCUT2D eigenvalue weighted by atomic mass is 16.5. The van der Waals surface area contributed by atoms with Gasteiger partial charge in [-0.05, 0) is 59.0 Å². The molecule has 0 saturated heterocycles. The molecule has 0 unspecified atom stereocenters. The van der Waals surface area contributed by atoms with Gasteiger partial charge in [0.2, 0.25) is 5.91 Å². The van der Waals surface area contributed by atoms with E-state index < -0.39 is 0 Å². The zero-order chi connectivity index (χ0) is 25.8. The SMILES string of the molecule is COc1ccccc1CCNC(=O)/C=C(\C)c1cc2c(-c3ccc4ccccc4c3)coc2cc1OC. The fourth-order valence-electron chi connectivity index (χ4n) is 4.67. The van der Waals surface area contributed by atoms with Crippen LogP contribution >= 0.6 is 0 Å². The minimum absolute atomic E-state index is 0.156. The van der Waals surface area contributed by atoms with Crippen LogP contribution in [0.5, 0.6) is 11.5 Å². The van der Waals surface area contributed by atoms with Crippen LogP contribution < -0.4 is 14.8 Å². The highest BCUT2D eigenvalue weighted by Crippen LogP contribution is 2.38. The molecule has 0 bridgehead atoms. The summed E-state index contributed by atoms with van der Waals surface area (Å²) in [6, 6.07) is 26.4. The summed E-state index contributed by atoms with van der Waals surface area (Å²) in [4.78, 5) is 12.7. The average molecular weight is 492 g/mol. The van der Waals surface area contributed by atoms with Gasteiger partial charge in [-0.2, -0.15) is 0 Å². The maximum atomic E-state index is 12.7. The van der Waals surface area contributed by atoms with Gasteiger partial charge in [0.05, 0.1) is 20.5 Å². The molecule has 1 amide bonds. The minimum atomic E-state index is -0.156. The van der Waals surface area contributed by atoms with Gasteiger partial charge in [-0.1, -0.05) is 54.6 Å². The number of rotatable bonds is 8. The summed E-state index contributed by atoms with van der Waals surface area (Å²) in [7, 11) is 3.28. The second kappa shape index (κ2) is 10.6. The minimum Gasteiger partial charge on any atom is -0.496 e. The van der Waals surface area contributed by atoms with E-state index in [4.69, 9.17) is 13.9 Å². The Balaban J connectivity index is 1.40. The van der Waals surface area contributed by atoms with Crippen LogP contribution in [-0.4, -0.2) is 26.7 Å². The maximum absolute atomic E-state index is 12.7. The first kappa shape index (κ1) is 24.2. The third kappa shape index (κ3) is 5.07. The molecule has 0 spiro atoms. The van der Waals surface area contributed by atoms with Crippen molar-refractivity contribution in [1.82, 2.24) is 5.32 Å². The normalized spacial score (nSPS) is 11.6. The molecule has 1 aromatic heterocycles. The molecule has 186 valence electrons. The van der Waals surface area contributed by atoms with Crippen molar-refractivity contribution in [1.29, 1.82) is 0 Å². The third-order valence-electron chi connectivity index (χ3n) is 6.61. The van der Waals surface area contributed by atoms with E-state index in [9.17, 15) is 4.79 Å². The third-order valence-corrected chi connectivity index (χ3v) is 6.61. The van der Waals surface area contributed by atoms with Crippen molar-refractivity contribution in [2.75, 3.05) is 20.8 Å². The lowest BCUT2D eigenvalue weighted by Gasteiger charge is -2.11. The van der Waals surface area contributed by atoms with Crippen LogP contribution in [0.25, 0.3) is 38.4 Å². The van der Waals surface area contributed by atoms with Crippen molar-refractivity contribution in [3.8, 4) is 22.6 Å². The number of allylic oxidation sites excluding steroid dienone is 1. The van der Waals surface area contributed by atoms with Gasteiger partial charge in [-0.3, -0.25) is 4.79 Å². The molecule has 5 aromatic rings. The molecule has 0 aliphatic heterocycles. The van der Waals surface area contributed by atoms with Gasteiger partial charge >= 0.3 is 0 Å². The Morgan fingerprint density at radius 2 is 1.65 bits per heavy atom. The monoisotopic (exact) mass is 491 g/mol. The molecule has 37 heavy (non-hydrogen) atoms. The van der Waals surface area contributed by atoms with Crippen molar-refractivity contribution in [2.24, 2.45) is 0 Å². The number of para-hydroxylation sites is 1. The Labute approximate surface area is 216 Å². The van der Waals surface area contributed by atoms with Gasteiger partial charge < -0.3 is 19.2 Å². The lowest BCUT2D eigenvalue weighted by Crippen LogP contribution is -2.24. The molecule has 5 nitrogen and oxygen atoms in total. The van der Waals surface area contributed by atoms with Gasteiger partial charge in [-0.15, -0.1) is 0 Å². The molecule has 5 rings (SSSR count). The summed E-state index contributed by atoms with van der Waals surface area (Å²) in [5.41, 5.74) is 5.51. The quantitative estimate of drug-likeness (QED) is 0.237. The van der Waals surface area contributed by atoms with E-state index in [1.54, 1.807) is 26.6 Å². The Bertz CT molecular complexity index is 1610. The van der Waals surface area contributed by atoms with Crippen molar-refractivity contribution in [2.45, 2.75) is 13.3 Å². The molecule has 0 aliphatic rings. The number of hydrogen-bond donors (Lipinski definition) is 1. The molecule has 4 aromatic carbocycles. The van der Waals surface area contributed by atoms with Crippen LogP contribution in [0.1, 0.15) is 18.1 Å². The summed E-state index contributed by atoms with van der Waals surface area (Å²) in [6.45, 7) is 2.42. The van der Waals surface area contributed by atoms with E-state index in [-0.39, 0.29) is 5.91 Å². The number of amides is 1. The number of carbonyl (C=O) groups is 1. The van der Waals surface area contributed by atoms with E-state index in [2.05, 4.69) is 35.6 Å². The molecule has 0 atom stereocenters. The number of nitrogens with one attached hydrogen (secondary N) is 1. The Kier molecular flexibility index (Phi) is 6.95. The molecule has 0 saturated carbocycles. The maximum Gasteiger partial charge on any atom is 0.244 e. The molecule has 1 heterocycles. The lowest BCUT2D eigenvalue weighted by atomic mass is 9.97. The molecule has 0 aliphatic carbocycles. The number of fused-ring (bicyclic) bond motifs is 2. The molecular formula is C32H29NO4. The van der Waals surface area contributed by atoms with Crippen molar-refractivity contribution in [3.05, 3.63) is 102 Å². The smallest absolute Gasteiger partial charge is 0.244 e. The first-order valence-corrected chi connectivity index (χ1v) is 12.2. The summed E-state index contributed by atoms with van der Waals surface area (Å²) >= 11 is 0. The van der Waals surface area contributed by atoms with E-state index in [0.29, 0.717) is 18.7 Å². The lowest BCUT2D eigenvalue weighted by molar-refractivity contribution is -0.116. The van der Waals surface area contributed by atoms with Crippen LogP contribution in [0.2, 0.25) is 0 Å². The molecular weight excluding hydrogens is 462 g/mol. The summed E-state index contributed by atoms with van der Waals surface area (Å²) in [5, 5.41) is 6.31. The Morgan fingerprint density at radius 1 is 0.892 bits per heavy atom. The first-order valence-electron chi connectivity index (χ1n) is 12.2. The largest absolute Gasteiger partial charge is 0.496 e. The van der Waals surface area contributed by atoms with E-state index >= 15 is 0 Å². The molecule has 0 fully saturated rings. The number of ether oxygens (including phenoxy) is 2. The first-order chi connectivity index (χ1) is 18.1. The molecule has 5 heteroatoms. The Morgan fingerprint density at radius 3 is 2.46 bits per heavy atom. The van der Waals surface area contributed by atoms with Crippen molar-refractivity contribution < 1.29 is 18.7 Å². The number of carbonyl (C=O) groups excluding carboxylic acids is 1. The summed E-state index contributed by atoms with van der Waals surface area (Å²) in [6.07, 6.45) is 4.07. The highest BCUT2D eigenvalue weighted by Gasteiger charge is 2.15. The number of methoxy groups -OCH3 is 2.